The van der Waals surface area contributed by atoms with Crippen molar-refractivity contribution in [2.45, 2.75) is 19.4 Å². The highest BCUT2D eigenvalue weighted by Crippen LogP contribution is 2.75. The topological polar surface area (TPSA) is 62.0 Å². The first-order valence-electron chi connectivity index (χ1n) is 6.58. The van der Waals surface area contributed by atoms with Gasteiger partial charge in [-0.15, -0.1) is 0 Å². The second-order valence-corrected chi connectivity index (χ2v) is 5.65. The highest BCUT2D eigenvalue weighted by Gasteiger charge is 2.74. The van der Waals surface area contributed by atoms with E-state index < -0.39 is 0 Å². The minimum atomic E-state index is -0.128. The van der Waals surface area contributed by atoms with Gasteiger partial charge in [0.25, 0.3) is 0 Å². The molecule has 1 amide bonds. The zero-order valence-electron chi connectivity index (χ0n) is 10.4. The van der Waals surface area contributed by atoms with Crippen LogP contribution in [0.15, 0.2) is 35.1 Å². The predicted molar refractivity (Wildman–Crippen MR) is 71.6 cm³/mol. The number of pyridine rings is 1. The fourth-order valence-electron chi connectivity index (χ4n) is 2.85. The highest BCUT2D eigenvalue weighted by atomic mass is 16.2. The summed E-state index contributed by atoms with van der Waals surface area (Å²) in [5, 5.41) is 3.96. The number of benzene rings is 1. The third-order valence-corrected chi connectivity index (χ3v) is 4.41. The molecule has 0 saturated heterocycles. The Morgan fingerprint density at radius 3 is 2.84 bits per heavy atom. The molecule has 2 saturated carbocycles. The van der Waals surface area contributed by atoms with Crippen LogP contribution >= 0.6 is 0 Å². The second-order valence-electron chi connectivity index (χ2n) is 5.65. The maximum atomic E-state index is 12.0. The van der Waals surface area contributed by atoms with Crippen molar-refractivity contribution in [1.82, 2.24) is 10.3 Å². The molecule has 1 aromatic heterocycles. The molecule has 4 heteroatoms. The number of fused-ring (bicyclic) bond motifs is 2. The third-order valence-electron chi connectivity index (χ3n) is 4.41. The molecule has 4 rings (SSSR count). The molecule has 1 heterocycles. The van der Waals surface area contributed by atoms with Crippen LogP contribution < -0.4 is 10.9 Å². The molecule has 2 N–H and O–H groups in total. The molecule has 0 aliphatic heterocycles. The smallest absolute Gasteiger partial charge is 0.248 e. The lowest BCUT2D eigenvalue weighted by Gasteiger charge is -2.09. The van der Waals surface area contributed by atoms with Gasteiger partial charge in [-0.05, 0) is 30.4 Å². The summed E-state index contributed by atoms with van der Waals surface area (Å²) in [7, 11) is 0. The average Bonchev–Trinajstić information content (AvgIpc) is 3.24. The Labute approximate surface area is 109 Å². The van der Waals surface area contributed by atoms with E-state index in [2.05, 4.69) is 10.3 Å². The Balaban J connectivity index is 1.63. The van der Waals surface area contributed by atoms with Crippen molar-refractivity contribution in [3.8, 4) is 0 Å². The van der Waals surface area contributed by atoms with Gasteiger partial charge in [-0.2, -0.15) is 0 Å². The van der Waals surface area contributed by atoms with Gasteiger partial charge in [-0.3, -0.25) is 9.59 Å². The van der Waals surface area contributed by atoms with Crippen molar-refractivity contribution >= 4 is 16.8 Å². The van der Waals surface area contributed by atoms with Crippen LogP contribution in [0.1, 0.15) is 18.4 Å². The summed E-state index contributed by atoms with van der Waals surface area (Å²) < 4.78 is 0. The van der Waals surface area contributed by atoms with Crippen LogP contribution in [-0.4, -0.2) is 10.9 Å². The van der Waals surface area contributed by atoms with E-state index in [0.717, 1.165) is 29.3 Å². The Hall–Kier alpha value is -2.10. The zero-order chi connectivity index (χ0) is 13.0. The summed E-state index contributed by atoms with van der Waals surface area (Å²) in [5.41, 5.74) is 1.55. The standard InChI is InChI=1S/C15H14N2O2/c18-13-5-9(11-3-1-2-4-12(11)17-13)8-16-14(19)15-6-10(15)7-15/h1-5,10H,6-8H2,(H,16,19)(H,17,18). The molecule has 0 radical (unpaired) electrons. The summed E-state index contributed by atoms with van der Waals surface area (Å²) in [5.74, 6) is 0.797. The molecule has 96 valence electrons. The molecule has 2 aromatic rings. The van der Waals surface area contributed by atoms with Gasteiger partial charge in [0.2, 0.25) is 11.5 Å². The van der Waals surface area contributed by atoms with E-state index in [1.54, 1.807) is 6.07 Å². The van der Waals surface area contributed by atoms with Gasteiger partial charge in [0.1, 0.15) is 0 Å². The summed E-state index contributed by atoms with van der Waals surface area (Å²) in [6, 6.07) is 9.22. The van der Waals surface area contributed by atoms with Gasteiger partial charge >= 0.3 is 0 Å². The number of amides is 1. The third kappa shape index (κ3) is 1.59. The number of para-hydroxylation sites is 1. The number of hydrogen-bond acceptors (Lipinski definition) is 2. The minimum Gasteiger partial charge on any atom is -0.352 e. The highest BCUT2D eigenvalue weighted by molar-refractivity contribution is 5.90. The van der Waals surface area contributed by atoms with Crippen molar-refractivity contribution in [2.24, 2.45) is 11.3 Å². The molecule has 0 bridgehead atoms. The van der Waals surface area contributed by atoms with Crippen LogP contribution in [0.4, 0.5) is 0 Å². The maximum absolute atomic E-state index is 12.0. The number of rotatable bonds is 3. The van der Waals surface area contributed by atoms with Gasteiger partial charge in [0.05, 0.1) is 5.41 Å². The van der Waals surface area contributed by atoms with Crippen LogP contribution in [0.3, 0.4) is 0 Å². The van der Waals surface area contributed by atoms with Gasteiger partial charge in [0.15, 0.2) is 0 Å². The number of carbonyl (C=O) groups excluding carboxylic acids is 1. The van der Waals surface area contributed by atoms with E-state index in [1.807, 2.05) is 24.3 Å². The molecular formula is C15H14N2O2. The molecule has 0 atom stereocenters. The molecule has 2 aliphatic rings. The van der Waals surface area contributed by atoms with E-state index in [9.17, 15) is 9.59 Å². The van der Waals surface area contributed by atoms with Crippen LogP contribution in [0.25, 0.3) is 10.9 Å². The first-order valence-corrected chi connectivity index (χ1v) is 6.58. The number of carbonyl (C=O) groups is 1. The number of aromatic nitrogens is 1. The van der Waals surface area contributed by atoms with E-state index >= 15 is 0 Å². The molecular weight excluding hydrogens is 240 g/mol. The van der Waals surface area contributed by atoms with Crippen LogP contribution in [-0.2, 0) is 11.3 Å². The Morgan fingerprint density at radius 1 is 1.37 bits per heavy atom. The number of nitrogens with one attached hydrogen (secondary N) is 2. The summed E-state index contributed by atoms with van der Waals surface area (Å²) >= 11 is 0. The lowest BCUT2D eigenvalue weighted by molar-refractivity contribution is -0.124. The second kappa shape index (κ2) is 3.47. The Kier molecular flexibility index (Phi) is 1.97. The molecule has 0 unspecified atom stereocenters. The summed E-state index contributed by atoms with van der Waals surface area (Å²) in [6.07, 6.45) is 2.10. The number of H-pyrrole nitrogens is 1. The number of aromatic amines is 1. The quantitative estimate of drug-likeness (QED) is 0.873. The molecule has 4 nitrogen and oxygen atoms in total. The van der Waals surface area contributed by atoms with E-state index in [1.165, 1.54) is 0 Å². The van der Waals surface area contributed by atoms with E-state index in [0.29, 0.717) is 12.5 Å². The maximum Gasteiger partial charge on any atom is 0.248 e. The van der Waals surface area contributed by atoms with Crippen LogP contribution in [0.5, 0.6) is 0 Å². The van der Waals surface area contributed by atoms with Gasteiger partial charge in [0, 0.05) is 23.5 Å². The van der Waals surface area contributed by atoms with Gasteiger partial charge in [-0.1, -0.05) is 18.2 Å². The van der Waals surface area contributed by atoms with Crippen molar-refractivity contribution in [2.75, 3.05) is 0 Å². The van der Waals surface area contributed by atoms with Crippen LogP contribution in [0, 0.1) is 11.3 Å². The monoisotopic (exact) mass is 254 g/mol. The Morgan fingerprint density at radius 2 is 2.11 bits per heavy atom. The largest absolute Gasteiger partial charge is 0.352 e. The van der Waals surface area contributed by atoms with Crippen molar-refractivity contribution in [3.05, 3.63) is 46.2 Å². The molecule has 19 heavy (non-hydrogen) atoms. The van der Waals surface area contributed by atoms with Crippen molar-refractivity contribution in [1.29, 1.82) is 0 Å². The minimum absolute atomic E-state index is 0.0169. The first kappa shape index (κ1) is 10.8. The van der Waals surface area contributed by atoms with Gasteiger partial charge in [-0.25, -0.2) is 0 Å². The average molecular weight is 254 g/mol. The number of hydrogen-bond donors (Lipinski definition) is 2. The molecule has 0 spiro atoms. The normalized spacial score (nSPS) is 26.8. The summed E-state index contributed by atoms with van der Waals surface area (Å²) in [6.45, 7) is 0.428. The first-order chi connectivity index (χ1) is 9.19. The lowest BCUT2D eigenvalue weighted by atomic mass is 10.1. The van der Waals surface area contributed by atoms with Crippen molar-refractivity contribution in [3.63, 3.8) is 0 Å². The summed E-state index contributed by atoms with van der Waals surface area (Å²) in [4.78, 5) is 26.4. The predicted octanol–water partition coefficient (Wildman–Crippen LogP) is 1.55. The van der Waals surface area contributed by atoms with Crippen molar-refractivity contribution < 1.29 is 4.79 Å². The van der Waals surface area contributed by atoms with Crippen LogP contribution in [0.2, 0.25) is 0 Å². The lowest BCUT2D eigenvalue weighted by Crippen LogP contribution is -2.28. The van der Waals surface area contributed by atoms with E-state index in [-0.39, 0.29) is 16.9 Å². The SMILES string of the molecule is O=C(NCc1cc(=O)[nH]c2ccccc12)C12CC1C2. The fraction of sp³-hybridized carbons (Fsp3) is 0.333. The van der Waals surface area contributed by atoms with Gasteiger partial charge < -0.3 is 10.3 Å². The Bertz CT molecular complexity index is 741. The zero-order valence-corrected chi connectivity index (χ0v) is 10.4. The molecule has 2 fully saturated rings. The molecule has 1 aromatic carbocycles. The van der Waals surface area contributed by atoms with E-state index in [4.69, 9.17) is 0 Å². The fourth-order valence-corrected chi connectivity index (χ4v) is 2.85. The molecule has 2 aliphatic carbocycles.